The number of aryl methyl sites for hydroxylation is 1. The number of pyridine rings is 1. The van der Waals surface area contributed by atoms with Gasteiger partial charge in [-0.1, -0.05) is 6.07 Å². The van der Waals surface area contributed by atoms with Crippen LogP contribution in [0, 0.1) is 0 Å². The highest BCUT2D eigenvalue weighted by Crippen LogP contribution is 2.05. The molecule has 0 fully saturated rings. The van der Waals surface area contributed by atoms with Gasteiger partial charge in [0.1, 0.15) is 5.69 Å². The molecule has 1 heterocycles. The van der Waals surface area contributed by atoms with Crippen LogP contribution in [0.3, 0.4) is 0 Å². The first kappa shape index (κ1) is 11.0. The maximum absolute atomic E-state index is 11.0. The van der Waals surface area contributed by atoms with Crippen molar-refractivity contribution in [2.24, 2.45) is 11.5 Å². The van der Waals surface area contributed by atoms with Crippen LogP contribution in [0.15, 0.2) is 16.9 Å². The van der Waals surface area contributed by atoms with E-state index in [1.165, 1.54) is 12.1 Å². The monoisotopic (exact) mass is 209 g/mol. The molecular formula is C9H11N3O3. The Morgan fingerprint density at radius 2 is 1.93 bits per heavy atom. The van der Waals surface area contributed by atoms with Crippen LogP contribution in [0.25, 0.3) is 0 Å². The van der Waals surface area contributed by atoms with E-state index in [4.69, 9.17) is 11.5 Å². The molecule has 0 bridgehead atoms. The Morgan fingerprint density at radius 1 is 1.27 bits per heavy atom. The highest BCUT2D eigenvalue weighted by Gasteiger charge is 2.09. The number of carbonyl (C=O) groups excluding carboxylic acids is 2. The van der Waals surface area contributed by atoms with E-state index in [0.717, 1.165) is 0 Å². The molecule has 0 radical (unpaired) electrons. The highest BCUT2D eigenvalue weighted by molar-refractivity contribution is 5.92. The van der Waals surface area contributed by atoms with Gasteiger partial charge in [0.05, 0.1) is 0 Å². The molecule has 0 aliphatic heterocycles. The first-order valence-electron chi connectivity index (χ1n) is 4.31. The molecule has 0 aromatic carbocycles. The van der Waals surface area contributed by atoms with Gasteiger partial charge in [-0.05, 0) is 12.0 Å². The second-order valence-corrected chi connectivity index (χ2v) is 3.05. The fourth-order valence-corrected chi connectivity index (χ4v) is 1.19. The molecule has 0 spiro atoms. The van der Waals surface area contributed by atoms with Gasteiger partial charge < -0.3 is 16.5 Å². The van der Waals surface area contributed by atoms with E-state index < -0.39 is 17.4 Å². The lowest BCUT2D eigenvalue weighted by molar-refractivity contribution is -0.117. The van der Waals surface area contributed by atoms with Gasteiger partial charge in [0.25, 0.3) is 5.91 Å². The summed E-state index contributed by atoms with van der Waals surface area (Å²) in [6.07, 6.45) is 0.386. The van der Waals surface area contributed by atoms with Crippen molar-refractivity contribution >= 4 is 11.8 Å². The van der Waals surface area contributed by atoms with E-state index in [2.05, 4.69) is 4.98 Å². The molecule has 1 rings (SSSR count). The summed E-state index contributed by atoms with van der Waals surface area (Å²) in [6, 6.07) is 2.73. The Labute approximate surface area is 85.3 Å². The van der Waals surface area contributed by atoms with E-state index in [1.54, 1.807) is 0 Å². The highest BCUT2D eigenvalue weighted by atomic mass is 16.2. The molecule has 2 amide bonds. The third-order valence-electron chi connectivity index (χ3n) is 1.89. The molecule has 0 atom stereocenters. The third kappa shape index (κ3) is 2.94. The number of primary amides is 2. The fraction of sp³-hybridized carbons (Fsp3) is 0.222. The summed E-state index contributed by atoms with van der Waals surface area (Å²) in [5.41, 5.74) is 10.2. The molecular weight excluding hydrogens is 198 g/mol. The Balaban J connectivity index is 3.01. The van der Waals surface area contributed by atoms with Gasteiger partial charge in [-0.25, -0.2) is 0 Å². The van der Waals surface area contributed by atoms with Gasteiger partial charge in [-0.2, -0.15) is 0 Å². The minimum atomic E-state index is -0.729. The van der Waals surface area contributed by atoms with Crippen molar-refractivity contribution in [1.29, 1.82) is 0 Å². The summed E-state index contributed by atoms with van der Waals surface area (Å²) in [5.74, 6) is -1.20. The molecule has 5 N–H and O–H groups in total. The number of carbonyl (C=O) groups is 2. The number of aromatic amines is 1. The van der Waals surface area contributed by atoms with Crippen molar-refractivity contribution < 1.29 is 9.59 Å². The van der Waals surface area contributed by atoms with Crippen LogP contribution in [0.4, 0.5) is 0 Å². The second kappa shape index (κ2) is 4.41. The van der Waals surface area contributed by atoms with Crippen molar-refractivity contribution in [3.05, 3.63) is 33.7 Å². The lowest BCUT2D eigenvalue weighted by atomic mass is 10.1. The first-order chi connectivity index (χ1) is 7.00. The molecule has 6 nitrogen and oxygen atoms in total. The van der Waals surface area contributed by atoms with E-state index >= 15 is 0 Å². The largest absolute Gasteiger partial charge is 0.370 e. The summed E-state index contributed by atoms with van der Waals surface area (Å²) >= 11 is 0. The molecule has 0 aliphatic carbocycles. The van der Waals surface area contributed by atoms with Gasteiger partial charge in [0.2, 0.25) is 11.5 Å². The summed E-state index contributed by atoms with van der Waals surface area (Å²) < 4.78 is 0. The maximum atomic E-state index is 11.0. The fourth-order valence-electron chi connectivity index (χ4n) is 1.19. The summed E-state index contributed by atoms with van der Waals surface area (Å²) in [5, 5.41) is 0. The number of rotatable bonds is 4. The smallest absolute Gasteiger partial charge is 0.265 e. The van der Waals surface area contributed by atoms with E-state index in [1.807, 2.05) is 0 Å². The predicted molar refractivity (Wildman–Crippen MR) is 53.1 cm³/mol. The molecule has 80 valence electrons. The van der Waals surface area contributed by atoms with Crippen LogP contribution in [-0.2, 0) is 11.2 Å². The van der Waals surface area contributed by atoms with Crippen molar-refractivity contribution in [3.63, 3.8) is 0 Å². The van der Waals surface area contributed by atoms with Crippen molar-refractivity contribution in [2.75, 3.05) is 0 Å². The number of aromatic nitrogens is 1. The van der Waals surface area contributed by atoms with E-state index in [0.29, 0.717) is 5.56 Å². The average molecular weight is 209 g/mol. The minimum absolute atomic E-state index is 0.0313. The number of hydrogen-bond donors (Lipinski definition) is 3. The first-order valence-corrected chi connectivity index (χ1v) is 4.31. The maximum Gasteiger partial charge on any atom is 0.265 e. The molecule has 1 aromatic heterocycles. The molecule has 1 aromatic rings. The Kier molecular flexibility index (Phi) is 3.22. The minimum Gasteiger partial charge on any atom is -0.370 e. The molecule has 15 heavy (non-hydrogen) atoms. The zero-order chi connectivity index (χ0) is 11.4. The van der Waals surface area contributed by atoms with Crippen molar-refractivity contribution in [2.45, 2.75) is 12.8 Å². The molecule has 0 saturated carbocycles. The SMILES string of the molecule is NC(=O)CCc1ccc(=O)[nH]c1C(N)=O. The zero-order valence-corrected chi connectivity index (χ0v) is 7.95. The lowest BCUT2D eigenvalue weighted by Crippen LogP contribution is -2.21. The molecule has 0 unspecified atom stereocenters. The topological polar surface area (TPSA) is 119 Å². The quantitative estimate of drug-likeness (QED) is 0.583. The van der Waals surface area contributed by atoms with Gasteiger partial charge >= 0.3 is 0 Å². The number of nitrogens with two attached hydrogens (primary N) is 2. The summed E-state index contributed by atoms with van der Waals surface area (Å²) in [6.45, 7) is 0. The third-order valence-corrected chi connectivity index (χ3v) is 1.89. The van der Waals surface area contributed by atoms with Crippen molar-refractivity contribution in [1.82, 2.24) is 4.98 Å². The normalized spacial score (nSPS) is 9.87. The van der Waals surface area contributed by atoms with Crippen LogP contribution in [0.2, 0.25) is 0 Å². The van der Waals surface area contributed by atoms with Crippen LogP contribution in [-0.4, -0.2) is 16.8 Å². The number of amides is 2. The molecule has 0 aliphatic rings. The van der Waals surface area contributed by atoms with Crippen LogP contribution in [0.5, 0.6) is 0 Å². The van der Waals surface area contributed by atoms with E-state index in [-0.39, 0.29) is 18.5 Å². The molecule has 6 heteroatoms. The van der Waals surface area contributed by atoms with Crippen LogP contribution < -0.4 is 17.0 Å². The summed E-state index contributed by atoms with van der Waals surface area (Å²) in [7, 11) is 0. The molecule has 0 saturated heterocycles. The van der Waals surface area contributed by atoms with Gasteiger partial charge in [-0.3, -0.25) is 14.4 Å². The summed E-state index contributed by atoms with van der Waals surface area (Å²) in [4.78, 5) is 34.8. The van der Waals surface area contributed by atoms with E-state index in [9.17, 15) is 14.4 Å². The average Bonchev–Trinajstić information content (AvgIpc) is 2.15. The zero-order valence-electron chi connectivity index (χ0n) is 7.95. The van der Waals surface area contributed by atoms with Crippen LogP contribution >= 0.6 is 0 Å². The van der Waals surface area contributed by atoms with Crippen molar-refractivity contribution in [3.8, 4) is 0 Å². The second-order valence-electron chi connectivity index (χ2n) is 3.05. The van der Waals surface area contributed by atoms with Gasteiger partial charge in [0.15, 0.2) is 0 Å². The van der Waals surface area contributed by atoms with Gasteiger partial charge in [0, 0.05) is 12.5 Å². The lowest BCUT2D eigenvalue weighted by Gasteiger charge is -2.04. The number of H-pyrrole nitrogens is 1. The Morgan fingerprint density at radius 3 is 2.47 bits per heavy atom. The standard InChI is InChI=1S/C9H11N3O3/c10-6(13)3-1-5-2-4-7(14)12-8(5)9(11)15/h2,4H,1,3H2,(H2,10,13)(H2,11,15)(H,12,14). The Bertz CT molecular complexity index is 450. The number of hydrogen-bond acceptors (Lipinski definition) is 3. The predicted octanol–water partition coefficient (Wildman–Crippen LogP) is -1.11. The Hall–Kier alpha value is -2.11. The van der Waals surface area contributed by atoms with Gasteiger partial charge in [-0.15, -0.1) is 0 Å². The number of nitrogens with one attached hydrogen (secondary N) is 1. The van der Waals surface area contributed by atoms with Crippen LogP contribution in [0.1, 0.15) is 22.5 Å².